The Balaban J connectivity index is 2.05. The molecule has 1 aromatic rings. The van der Waals surface area contributed by atoms with E-state index in [1.807, 2.05) is 18.2 Å². The lowest BCUT2D eigenvalue weighted by Gasteiger charge is -2.11. The van der Waals surface area contributed by atoms with Crippen LogP contribution >= 0.6 is 46.0 Å². The minimum absolute atomic E-state index is 0.0203. The van der Waals surface area contributed by atoms with Gasteiger partial charge in [-0.15, -0.1) is 11.8 Å². The SMILES string of the molecule is O=C(Nc1ccc(I)cc1Cl)C1CSCN1. The van der Waals surface area contributed by atoms with Gasteiger partial charge in [-0.1, -0.05) is 11.6 Å². The van der Waals surface area contributed by atoms with Gasteiger partial charge in [-0.2, -0.15) is 0 Å². The van der Waals surface area contributed by atoms with Crippen molar-refractivity contribution in [3.63, 3.8) is 0 Å². The number of halogens is 2. The van der Waals surface area contributed by atoms with Crippen molar-refractivity contribution in [3.05, 3.63) is 26.8 Å². The van der Waals surface area contributed by atoms with Gasteiger partial charge in [-0.05, 0) is 40.8 Å². The summed E-state index contributed by atoms with van der Waals surface area (Å²) < 4.78 is 1.05. The monoisotopic (exact) mass is 368 g/mol. The maximum Gasteiger partial charge on any atom is 0.242 e. The molecule has 1 unspecified atom stereocenters. The van der Waals surface area contributed by atoms with Crippen molar-refractivity contribution in [1.29, 1.82) is 0 Å². The minimum Gasteiger partial charge on any atom is -0.323 e. The first-order valence-electron chi connectivity index (χ1n) is 4.74. The van der Waals surface area contributed by atoms with E-state index in [2.05, 4.69) is 33.2 Å². The van der Waals surface area contributed by atoms with Gasteiger partial charge in [0.05, 0.1) is 16.8 Å². The van der Waals surface area contributed by atoms with Crippen LogP contribution in [0.5, 0.6) is 0 Å². The van der Waals surface area contributed by atoms with E-state index in [0.29, 0.717) is 10.7 Å². The molecule has 1 saturated heterocycles. The lowest BCUT2D eigenvalue weighted by atomic mass is 10.2. The average molecular weight is 369 g/mol. The van der Waals surface area contributed by atoms with Crippen molar-refractivity contribution in [2.75, 3.05) is 16.9 Å². The first-order chi connectivity index (χ1) is 7.66. The molecule has 1 aliphatic rings. The van der Waals surface area contributed by atoms with Crippen LogP contribution in [0.25, 0.3) is 0 Å². The van der Waals surface area contributed by atoms with Crippen LogP contribution in [0.15, 0.2) is 18.2 Å². The summed E-state index contributed by atoms with van der Waals surface area (Å²) in [5.41, 5.74) is 0.672. The van der Waals surface area contributed by atoms with E-state index in [1.54, 1.807) is 11.8 Å². The fourth-order valence-corrected chi connectivity index (χ4v) is 3.22. The number of carbonyl (C=O) groups is 1. The molecule has 1 amide bonds. The smallest absolute Gasteiger partial charge is 0.242 e. The highest BCUT2D eigenvalue weighted by atomic mass is 127. The van der Waals surface area contributed by atoms with Crippen LogP contribution in [-0.4, -0.2) is 23.6 Å². The van der Waals surface area contributed by atoms with Crippen LogP contribution in [0.3, 0.4) is 0 Å². The van der Waals surface area contributed by atoms with Gasteiger partial charge >= 0.3 is 0 Å². The molecule has 0 bridgehead atoms. The molecular formula is C10H10ClIN2OS. The van der Waals surface area contributed by atoms with E-state index in [9.17, 15) is 4.79 Å². The molecule has 1 aliphatic heterocycles. The van der Waals surface area contributed by atoms with Gasteiger partial charge in [0, 0.05) is 15.2 Å². The zero-order chi connectivity index (χ0) is 11.5. The molecule has 3 nitrogen and oxygen atoms in total. The van der Waals surface area contributed by atoms with Crippen molar-refractivity contribution in [2.45, 2.75) is 6.04 Å². The molecule has 0 aromatic heterocycles. The van der Waals surface area contributed by atoms with Gasteiger partial charge in [0.1, 0.15) is 0 Å². The molecule has 0 aliphatic carbocycles. The van der Waals surface area contributed by atoms with Crippen LogP contribution < -0.4 is 10.6 Å². The van der Waals surface area contributed by atoms with Crippen molar-refractivity contribution >= 4 is 57.5 Å². The fourth-order valence-electron chi connectivity index (χ4n) is 1.37. The van der Waals surface area contributed by atoms with Crippen LogP contribution in [-0.2, 0) is 4.79 Å². The third-order valence-electron chi connectivity index (χ3n) is 2.22. The first kappa shape index (κ1) is 12.5. The molecule has 1 heterocycles. The Morgan fingerprint density at radius 1 is 1.62 bits per heavy atom. The minimum atomic E-state index is -0.111. The molecule has 86 valence electrons. The van der Waals surface area contributed by atoms with Crippen LogP contribution in [0.1, 0.15) is 0 Å². The molecule has 0 spiro atoms. The lowest BCUT2D eigenvalue weighted by Crippen LogP contribution is -2.37. The van der Waals surface area contributed by atoms with Gasteiger partial charge in [0.15, 0.2) is 0 Å². The maximum absolute atomic E-state index is 11.8. The van der Waals surface area contributed by atoms with E-state index >= 15 is 0 Å². The van der Waals surface area contributed by atoms with Gasteiger partial charge in [0.2, 0.25) is 5.91 Å². The maximum atomic E-state index is 11.8. The molecule has 2 rings (SSSR count). The first-order valence-corrected chi connectivity index (χ1v) is 7.35. The summed E-state index contributed by atoms with van der Waals surface area (Å²) in [6.07, 6.45) is 0. The zero-order valence-electron chi connectivity index (χ0n) is 8.30. The highest BCUT2D eigenvalue weighted by Gasteiger charge is 2.22. The zero-order valence-corrected chi connectivity index (χ0v) is 12.0. The number of hydrogen-bond acceptors (Lipinski definition) is 3. The van der Waals surface area contributed by atoms with Crippen LogP contribution in [0.4, 0.5) is 5.69 Å². The summed E-state index contributed by atoms with van der Waals surface area (Å²) in [5, 5.41) is 6.52. The van der Waals surface area contributed by atoms with Crippen molar-refractivity contribution in [2.24, 2.45) is 0 Å². The summed E-state index contributed by atoms with van der Waals surface area (Å²) in [6.45, 7) is 0. The molecule has 16 heavy (non-hydrogen) atoms. The Labute approximate surface area is 117 Å². The number of thioether (sulfide) groups is 1. The summed E-state index contributed by atoms with van der Waals surface area (Å²) in [5.74, 6) is 1.62. The lowest BCUT2D eigenvalue weighted by molar-refractivity contribution is -0.117. The highest BCUT2D eigenvalue weighted by Crippen LogP contribution is 2.24. The number of amides is 1. The summed E-state index contributed by atoms with van der Waals surface area (Å²) in [7, 11) is 0. The van der Waals surface area contributed by atoms with Crippen molar-refractivity contribution < 1.29 is 4.79 Å². The number of hydrogen-bond donors (Lipinski definition) is 2. The Morgan fingerprint density at radius 2 is 2.44 bits per heavy atom. The molecule has 1 atom stereocenters. The second-order valence-electron chi connectivity index (χ2n) is 3.39. The number of benzene rings is 1. The third-order valence-corrected chi connectivity index (χ3v) is 4.15. The quantitative estimate of drug-likeness (QED) is 0.788. The number of anilines is 1. The largest absolute Gasteiger partial charge is 0.323 e. The molecule has 1 aromatic carbocycles. The third kappa shape index (κ3) is 3.03. The van der Waals surface area contributed by atoms with E-state index in [4.69, 9.17) is 11.6 Å². The Hall–Kier alpha value is 0.0200. The molecule has 6 heteroatoms. The standard InChI is InChI=1S/C10H10ClIN2OS/c11-7-3-6(12)1-2-8(7)14-10(15)9-4-16-5-13-9/h1-3,9,13H,4-5H2,(H,14,15). The Morgan fingerprint density at radius 3 is 3.06 bits per heavy atom. The highest BCUT2D eigenvalue weighted by molar-refractivity contribution is 14.1. The summed E-state index contributed by atoms with van der Waals surface area (Å²) in [6, 6.07) is 5.46. The number of carbonyl (C=O) groups excluding carboxylic acids is 1. The van der Waals surface area contributed by atoms with Gasteiger partial charge in [-0.3, -0.25) is 10.1 Å². The van der Waals surface area contributed by atoms with E-state index in [0.717, 1.165) is 15.2 Å². The Bertz CT molecular complexity index is 410. The van der Waals surface area contributed by atoms with E-state index in [-0.39, 0.29) is 11.9 Å². The normalized spacial score (nSPS) is 19.8. The van der Waals surface area contributed by atoms with Crippen molar-refractivity contribution in [3.8, 4) is 0 Å². The van der Waals surface area contributed by atoms with Gasteiger partial charge in [-0.25, -0.2) is 0 Å². The summed E-state index contributed by atoms with van der Waals surface area (Å²) >= 11 is 9.94. The van der Waals surface area contributed by atoms with Gasteiger partial charge < -0.3 is 5.32 Å². The van der Waals surface area contributed by atoms with Crippen LogP contribution in [0.2, 0.25) is 5.02 Å². The topological polar surface area (TPSA) is 41.1 Å². The van der Waals surface area contributed by atoms with E-state index < -0.39 is 0 Å². The molecule has 2 N–H and O–H groups in total. The summed E-state index contributed by atoms with van der Waals surface area (Å²) in [4.78, 5) is 11.8. The number of nitrogens with one attached hydrogen (secondary N) is 2. The molecule has 1 fully saturated rings. The van der Waals surface area contributed by atoms with Gasteiger partial charge in [0.25, 0.3) is 0 Å². The number of rotatable bonds is 2. The fraction of sp³-hybridized carbons (Fsp3) is 0.300. The predicted octanol–water partition coefficient (Wildman–Crippen LogP) is 2.55. The average Bonchev–Trinajstić information content (AvgIpc) is 2.75. The van der Waals surface area contributed by atoms with Crippen LogP contribution in [0, 0.1) is 3.57 Å². The molecule has 0 saturated carbocycles. The second-order valence-corrected chi connectivity index (χ2v) is 6.07. The second kappa shape index (κ2) is 5.57. The molecule has 0 radical (unpaired) electrons. The predicted molar refractivity (Wildman–Crippen MR) is 77.0 cm³/mol. The Kier molecular flexibility index (Phi) is 4.34. The molecular weight excluding hydrogens is 359 g/mol. The van der Waals surface area contributed by atoms with Crippen molar-refractivity contribution in [1.82, 2.24) is 5.32 Å². The van der Waals surface area contributed by atoms with E-state index in [1.165, 1.54) is 0 Å².